The summed E-state index contributed by atoms with van der Waals surface area (Å²) in [5.41, 5.74) is 0.539. The molecule has 4 heteroatoms. The molecule has 1 aliphatic carbocycles. The van der Waals surface area contributed by atoms with Crippen LogP contribution in [0.5, 0.6) is 0 Å². The molecule has 1 aliphatic rings. The van der Waals surface area contributed by atoms with Gasteiger partial charge in [0.25, 0.3) is 0 Å². The molecule has 0 saturated carbocycles. The van der Waals surface area contributed by atoms with E-state index in [4.69, 9.17) is 9.47 Å². The fourth-order valence-electron chi connectivity index (χ4n) is 1.53. The first-order chi connectivity index (χ1) is 8.15. The zero-order chi connectivity index (χ0) is 12.8. The topological polar surface area (TPSA) is 52.6 Å². The molecule has 0 aromatic heterocycles. The summed E-state index contributed by atoms with van der Waals surface area (Å²) in [5.74, 6) is -0.199. The number of carbonyl (C=O) groups is 2. The molecule has 0 fully saturated rings. The van der Waals surface area contributed by atoms with Gasteiger partial charge in [0.2, 0.25) is 0 Å². The van der Waals surface area contributed by atoms with Crippen molar-refractivity contribution in [1.29, 1.82) is 0 Å². The van der Waals surface area contributed by atoms with E-state index in [1.807, 2.05) is 0 Å². The highest BCUT2D eigenvalue weighted by molar-refractivity contribution is 6.21. The van der Waals surface area contributed by atoms with Crippen LogP contribution in [-0.4, -0.2) is 32.4 Å². The minimum Gasteiger partial charge on any atom is -0.496 e. The monoisotopic (exact) mass is 234 g/mol. The molecule has 0 saturated heterocycles. The largest absolute Gasteiger partial charge is 0.496 e. The Kier molecular flexibility index (Phi) is 4.60. The fraction of sp³-hybridized carbons (Fsp3) is 0.231. The van der Waals surface area contributed by atoms with Crippen molar-refractivity contribution in [3.8, 4) is 0 Å². The third-order valence-electron chi connectivity index (χ3n) is 2.26. The summed E-state index contributed by atoms with van der Waals surface area (Å²) in [6.45, 7) is 3.61. The van der Waals surface area contributed by atoms with Crippen LogP contribution >= 0.6 is 0 Å². The third-order valence-corrected chi connectivity index (χ3v) is 2.26. The Morgan fingerprint density at radius 3 is 2.47 bits per heavy atom. The van der Waals surface area contributed by atoms with Gasteiger partial charge >= 0.3 is 0 Å². The van der Waals surface area contributed by atoms with Gasteiger partial charge in [0.1, 0.15) is 5.76 Å². The number of ether oxygens (including phenoxy) is 2. The van der Waals surface area contributed by atoms with E-state index in [-0.39, 0.29) is 23.7 Å². The summed E-state index contributed by atoms with van der Waals surface area (Å²) in [7, 11) is 2.90. The molecule has 4 nitrogen and oxygen atoms in total. The van der Waals surface area contributed by atoms with E-state index >= 15 is 0 Å². The summed E-state index contributed by atoms with van der Waals surface area (Å²) in [6, 6.07) is 0. The highest BCUT2D eigenvalue weighted by Gasteiger charge is 2.25. The predicted octanol–water partition coefficient (Wildman–Crippen LogP) is 1.35. The molecule has 0 aromatic rings. The SMILES string of the molecule is C=C/C=C(/OC)C1=C(COC)C(=O)C=CC1=O. The van der Waals surface area contributed by atoms with Crippen LogP contribution in [-0.2, 0) is 19.1 Å². The number of allylic oxidation sites excluding steroid dienone is 5. The van der Waals surface area contributed by atoms with Gasteiger partial charge in [-0.1, -0.05) is 12.7 Å². The first kappa shape index (κ1) is 13.1. The molecule has 0 atom stereocenters. The maximum atomic E-state index is 11.8. The Labute approximate surface area is 99.9 Å². The molecule has 0 N–H and O–H groups in total. The van der Waals surface area contributed by atoms with Gasteiger partial charge in [-0.05, 0) is 18.2 Å². The summed E-state index contributed by atoms with van der Waals surface area (Å²) < 4.78 is 10.0. The predicted molar refractivity (Wildman–Crippen MR) is 63.3 cm³/mol. The highest BCUT2D eigenvalue weighted by atomic mass is 16.5. The van der Waals surface area contributed by atoms with Crippen molar-refractivity contribution in [2.75, 3.05) is 20.8 Å². The maximum Gasteiger partial charge on any atom is 0.190 e. The maximum absolute atomic E-state index is 11.8. The van der Waals surface area contributed by atoms with Gasteiger partial charge in [-0.3, -0.25) is 9.59 Å². The van der Waals surface area contributed by atoms with Crippen LogP contribution in [0.2, 0.25) is 0 Å². The Bertz CT molecular complexity index is 438. The van der Waals surface area contributed by atoms with E-state index in [9.17, 15) is 9.59 Å². The average Bonchev–Trinajstić information content (AvgIpc) is 2.32. The second-order valence-corrected chi connectivity index (χ2v) is 3.32. The lowest BCUT2D eigenvalue weighted by Gasteiger charge is -2.15. The van der Waals surface area contributed by atoms with Gasteiger partial charge in [-0.25, -0.2) is 0 Å². The van der Waals surface area contributed by atoms with E-state index in [2.05, 4.69) is 6.58 Å². The lowest BCUT2D eigenvalue weighted by molar-refractivity contribution is -0.115. The fourth-order valence-corrected chi connectivity index (χ4v) is 1.53. The van der Waals surface area contributed by atoms with E-state index in [0.29, 0.717) is 11.3 Å². The Morgan fingerprint density at radius 2 is 1.94 bits per heavy atom. The lowest BCUT2D eigenvalue weighted by atomic mass is 9.93. The minimum atomic E-state index is -0.272. The van der Waals surface area contributed by atoms with Crippen LogP contribution in [0.3, 0.4) is 0 Å². The molecule has 0 bridgehead atoms. The van der Waals surface area contributed by atoms with Crippen LogP contribution in [0.4, 0.5) is 0 Å². The van der Waals surface area contributed by atoms with Gasteiger partial charge in [-0.15, -0.1) is 0 Å². The lowest BCUT2D eigenvalue weighted by Crippen LogP contribution is -2.19. The zero-order valence-corrected chi connectivity index (χ0v) is 9.86. The van der Waals surface area contributed by atoms with Gasteiger partial charge in [0.05, 0.1) is 19.3 Å². The molecule has 0 radical (unpaired) electrons. The first-order valence-corrected chi connectivity index (χ1v) is 5.01. The smallest absolute Gasteiger partial charge is 0.190 e. The quantitative estimate of drug-likeness (QED) is 0.409. The van der Waals surface area contributed by atoms with Crippen molar-refractivity contribution in [1.82, 2.24) is 0 Å². The van der Waals surface area contributed by atoms with Crippen LogP contribution in [0.15, 0.2) is 47.8 Å². The van der Waals surface area contributed by atoms with E-state index in [1.54, 1.807) is 0 Å². The number of methoxy groups -OCH3 is 2. The van der Waals surface area contributed by atoms with Gasteiger partial charge in [-0.2, -0.15) is 0 Å². The second-order valence-electron chi connectivity index (χ2n) is 3.32. The third kappa shape index (κ3) is 2.79. The van der Waals surface area contributed by atoms with E-state index < -0.39 is 0 Å². The molecule has 17 heavy (non-hydrogen) atoms. The van der Waals surface area contributed by atoms with Crippen molar-refractivity contribution in [3.63, 3.8) is 0 Å². The highest BCUT2D eigenvalue weighted by Crippen LogP contribution is 2.22. The zero-order valence-electron chi connectivity index (χ0n) is 9.86. The van der Waals surface area contributed by atoms with Gasteiger partial charge in [0, 0.05) is 12.7 Å². The molecule has 0 unspecified atom stereocenters. The Hall–Kier alpha value is -1.94. The van der Waals surface area contributed by atoms with Crippen LogP contribution in [0.25, 0.3) is 0 Å². The summed E-state index contributed by atoms with van der Waals surface area (Å²) in [6.07, 6.45) is 5.50. The number of ketones is 2. The van der Waals surface area contributed by atoms with Crippen molar-refractivity contribution in [2.24, 2.45) is 0 Å². The molecule has 0 spiro atoms. The normalized spacial score (nSPS) is 16.5. The molecular formula is C13H14O4. The summed E-state index contributed by atoms with van der Waals surface area (Å²) in [4.78, 5) is 23.5. The Morgan fingerprint density at radius 1 is 1.29 bits per heavy atom. The summed E-state index contributed by atoms with van der Waals surface area (Å²) in [5, 5.41) is 0. The number of hydrogen-bond acceptors (Lipinski definition) is 4. The number of carbonyl (C=O) groups excluding carboxylic acids is 2. The van der Waals surface area contributed by atoms with Crippen molar-refractivity contribution in [3.05, 3.63) is 47.8 Å². The minimum absolute atomic E-state index is 0.0715. The van der Waals surface area contributed by atoms with Gasteiger partial charge < -0.3 is 9.47 Å². The molecule has 0 aromatic carbocycles. The number of hydrogen-bond donors (Lipinski definition) is 0. The summed E-state index contributed by atoms with van der Waals surface area (Å²) >= 11 is 0. The average molecular weight is 234 g/mol. The number of rotatable bonds is 5. The van der Waals surface area contributed by atoms with E-state index in [0.717, 1.165) is 0 Å². The molecule has 90 valence electrons. The van der Waals surface area contributed by atoms with Crippen LogP contribution in [0, 0.1) is 0 Å². The second kappa shape index (κ2) is 5.96. The van der Waals surface area contributed by atoms with E-state index in [1.165, 1.54) is 38.5 Å². The van der Waals surface area contributed by atoms with Crippen molar-refractivity contribution in [2.45, 2.75) is 0 Å². The van der Waals surface area contributed by atoms with Crippen LogP contribution in [0.1, 0.15) is 0 Å². The van der Waals surface area contributed by atoms with Crippen molar-refractivity contribution >= 4 is 11.6 Å². The Balaban J connectivity index is 3.32. The van der Waals surface area contributed by atoms with Crippen LogP contribution < -0.4 is 0 Å². The standard InChI is InChI=1S/C13H14O4/c1-4-5-12(17-3)13-9(8-16-2)10(14)6-7-11(13)15/h4-7H,1,8H2,2-3H3/b12-5+. The molecule has 1 rings (SSSR count). The molecule has 0 amide bonds. The molecule has 0 heterocycles. The first-order valence-electron chi connectivity index (χ1n) is 5.01. The molecular weight excluding hydrogens is 220 g/mol. The van der Waals surface area contributed by atoms with Crippen molar-refractivity contribution < 1.29 is 19.1 Å². The molecule has 0 aliphatic heterocycles. The van der Waals surface area contributed by atoms with Gasteiger partial charge in [0.15, 0.2) is 11.6 Å².